The highest BCUT2D eigenvalue weighted by atomic mass is 32.3. The van der Waals surface area contributed by atoms with E-state index in [4.69, 9.17) is 0 Å². The Morgan fingerprint density at radius 3 is 1.71 bits per heavy atom. The molecule has 4 rings (SSSR count). The van der Waals surface area contributed by atoms with Gasteiger partial charge in [-0.3, -0.25) is 0 Å². The van der Waals surface area contributed by atoms with Crippen molar-refractivity contribution in [3.05, 3.63) is 21.9 Å². The smallest absolute Gasteiger partial charge is 0.0580 e. The van der Waals surface area contributed by atoms with Crippen molar-refractivity contribution < 1.29 is 0 Å². The third kappa shape index (κ3) is 5.78. The Kier molecular flexibility index (Phi) is 9.75. The summed E-state index contributed by atoms with van der Waals surface area (Å²) in [7, 11) is -0.981. The molecular weight excluding hydrogens is 481 g/mol. The predicted molar refractivity (Wildman–Crippen MR) is 166 cm³/mol. The van der Waals surface area contributed by atoms with Crippen LogP contribution in [0.5, 0.6) is 0 Å². The highest BCUT2D eigenvalue weighted by Gasteiger charge is 2.48. The maximum Gasteiger partial charge on any atom is 0.0580 e. The van der Waals surface area contributed by atoms with Crippen LogP contribution in [0.4, 0.5) is 0 Å². The highest BCUT2D eigenvalue weighted by Crippen LogP contribution is 2.79. The second-order valence-corrected chi connectivity index (χ2v) is 18.3. The Hall–Kier alpha value is -0.250. The zero-order valence-corrected chi connectivity index (χ0v) is 27.1. The molecule has 0 aromatic carbocycles. The summed E-state index contributed by atoms with van der Waals surface area (Å²) in [6.07, 6.45) is 12.8. The first kappa shape index (κ1) is 29.3. The summed E-state index contributed by atoms with van der Waals surface area (Å²) in [6, 6.07) is 5.44. The van der Waals surface area contributed by atoms with Gasteiger partial charge in [-0.1, -0.05) is 108 Å². The molecule has 2 aliphatic rings. The van der Waals surface area contributed by atoms with Crippen molar-refractivity contribution >= 4 is 32.7 Å². The Balaban J connectivity index is 0.00000167. The van der Waals surface area contributed by atoms with Crippen LogP contribution in [0.25, 0.3) is 9.75 Å². The number of thiophene rings is 2. The van der Waals surface area contributed by atoms with Crippen LogP contribution in [0, 0.1) is 5.92 Å². The number of hydrogen-bond acceptors (Lipinski definition) is 2. The van der Waals surface area contributed by atoms with E-state index in [1.807, 2.05) is 23.6 Å². The van der Waals surface area contributed by atoms with E-state index in [1.54, 1.807) is 19.5 Å². The second kappa shape index (κ2) is 11.6. The minimum absolute atomic E-state index is 0.239. The molecular formula is C32H54S3. The van der Waals surface area contributed by atoms with Crippen molar-refractivity contribution in [3.8, 4) is 9.75 Å². The van der Waals surface area contributed by atoms with Gasteiger partial charge in [-0.05, 0) is 59.1 Å². The molecule has 1 saturated carbocycles. The number of rotatable bonds is 7. The van der Waals surface area contributed by atoms with Crippen LogP contribution >= 0.6 is 32.7 Å². The van der Waals surface area contributed by atoms with E-state index in [0.29, 0.717) is 0 Å². The van der Waals surface area contributed by atoms with Gasteiger partial charge < -0.3 is 0 Å². The van der Waals surface area contributed by atoms with Crippen molar-refractivity contribution in [1.82, 2.24) is 0 Å². The van der Waals surface area contributed by atoms with Gasteiger partial charge in [-0.15, -0.1) is 22.7 Å². The highest BCUT2D eigenvalue weighted by molar-refractivity contribution is 8.34. The zero-order valence-electron chi connectivity index (χ0n) is 24.6. The Labute approximate surface area is 228 Å². The lowest BCUT2D eigenvalue weighted by molar-refractivity contribution is 0.485. The van der Waals surface area contributed by atoms with E-state index in [1.165, 1.54) is 63.5 Å². The molecule has 1 atom stereocenters. The largest absolute Gasteiger partial charge is 0.182 e. The monoisotopic (exact) mass is 534 g/mol. The van der Waals surface area contributed by atoms with Gasteiger partial charge in [0.05, 0.1) is 9.75 Å². The Morgan fingerprint density at radius 2 is 1.31 bits per heavy atom. The molecule has 3 heterocycles. The molecule has 0 N–H and O–H groups in total. The molecule has 0 radical (unpaired) electrons. The Morgan fingerprint density at radius 1 is 0.829 bits per heavy atom. The predicted octanol–water partition coefficient (Wildman–Crippen LogP) is 12.2. The third-order valence-electron chi connectivity index (χ3n) is 8.03. The molecule has 1 unspecified atom stereocenters. The topological polar surface area (TPSA) is 0 Å². The van der Waals surface area contributed by atoms with Gasteiger partial charge in [0.1, 0.15) is 0 Å². The fourth-order valence-electron chi connectivity index (χ4n) is 5.88. The van der Waals surface area contributed by atoms with Crippen molar-refractivity contribution in [2.75, 3.05) is 5.75 Å². The zero-order chi connectivity index (χ0) is 26.0. The average molecular weight is 535 g/mol. The molecule has 200 valence electrons. The van der Waals surface area contributed by atoms with Gasteiger partial charge >= 0.3 is 0 Å². The fourth-order valence-corrected chi connectivity index (χ4v) is 15.1. The molecule has 1 fully saturated rings. The van der Waals surface area contributed by atoms with Gasteiger partial charge in [-0.2, -0.15) is 10.0 Å². The van der Waals surface area contributed by atoms with Crippen LogP contribution in [-0.4, -0.2) is 11.0 Å². The van der Waals surface area contributed by atoms with Crippen LogP contribution in [0.15, 0.2) is 21.9 Å². The van der Waals surface area contributed by atoms with Crippen molar-refractivity contribution in [2.45, 2.75) is 153 Å². The normalized spacial score (nSPS) is 19.5. The van der Waals surface area contributed by atoms with Gasteiger partial charge in [-0.25, -0.2) is 0 Å². The lowest BCUT2D eigenvalue weighted by Crippen LogP contribution is -2.26. The molecule has 0 spiro atoms. The van der Waals surface area contributed by atoms with Crippen LogP contribution < -0.4 is 0 Å². The molecule has 0 amide bonds. The van der Waals surface area contributed by atoms with Gasteiger partial charge in [0.25, 0.3) is 0 Å². The number of hydrogen-bond donors (Lipinski definition) is 0. The van der Waals surface area contributed by atoms with Crippen molar-refractivity contribution in [2.24, 2.45) is 5.92 Å². The fraction of sp³-hybridized carbons (Fsp3) is 0.750. The van der Waals surface area contributed by atoms with Crippen molar-refractivity contribution in [3.63, 3.8) is 0 Å². The summed E-state index contributed by atoms with van der Waals surface area (Å²) in [6.45, 7) is 23.3. The second-order valence-electron chi connectivity index (χ2n) is 12.7. The van der Waals surface area contributed by atoms with E-state index < -0.39 is 10.0 Å². The van der Waals surface area contributed by atoms with E-state index in [0.717, 1.165) is 11.2 Å². The summed E-state index contributed by atoms with van der Waals surface area (Å²) >= 11 is 4.29. The van der Waals surface area contributed by atoms with Gasteiger partial charge in [0, 0.05) is 19.5 Å². The van der Waals surface area contributed by atoms with E-state index >= 15 is 0 Å². The van der Waals surface area contributed by atoms with Gasteiger partial charge in [0.15, 0.2) is 0 Å². The minimum Gasteiger partial charge on any atom is -0.182 e. The van der Waals surface area contributed by atoms with E-state index in [-0.39, 0.29) is 10.8 Å². The number of unbranched alkanes of at least 4 members (excludes halogenated alkanes) is 1. The maximum absolute atomic E-state index is 2.72. The molecule has 0 saturated heterocycles. The number of fused-ring (bicyclic) bond motifs is 3. The molecule has 2 aromatic rings. The Bertz CT molecular complexity index is 882. The van der Waals surface area contributed by atoms with Crippen molar-refractivity contribution in [1.29, 1.82) is 0 Å². The first-order valence-corrected chi connectivity index (χ1v) is 18.1. The molecule has 0 bridgehead atoms. The van der Waals surface area contributed by atoms with E-state index in [9.17, 15) is 0 Å². The van der Waals surface area contributed by atoms with Crippen LogP contribution in [0.3, 0.4) is 0 Å². The summed E-state index contributed by atoms with van der Waals surface area (Å²) in [5.74, 6) is 2.33. The first-order valence-electron chi connectivity index (χ1n) is 14.6. The molecule has 0 nitrogen and oxygen atoms in total. The van der Waals surface area contributed by atoms with Crippen LogP contribution in [-0.2, 0) is 10.8 Å². The van der Waals surface area contributed by atoms with E-state index in [2.05, 4.69) is 90.2 Å². The van der Waals surface area contributed by atoms with Crippen LogP contribution in [0.2, 0.25) is 0 Å². The first-order chi connectivity index (χ1) is 16.5. The third-order valence-corrected chi connectivity index (χ3v) is 16.4. The molecule has 1 aliphatic heterocycles. The summed E-state index contributed by atoms with van der Waals surface area (Å²) < 4.78 is 0. The molecule has 3 heteroatoms. The lowest BCUT2D eigenvalue weighted by atomic mass is 9.95. The van der Waals surface area contributed by atoms with Gasteiger partial charge in [0.2, 0.25) is 0 Å². The summed E-state index contributed by atoms with van der Waals surface area (Å²) in [4.78, 5) is 10.2. The standard InChI is InChI=1S/C30H48S3.C2H6/c1-9-11-15-21(10-2)20-33(22-16-13-12-14-17-22)23-18-25(29(3,4)5)31-27(23)28-24(33)19-26(32-28)30(6,7)8;1-2/h18-19,21-22H,9-17,20H2,1-8H3;1-2H3. The molecule has 35 heavy (non-hydrogen) atoms. The maximum atomic E-state index is 2.72. The quantitative estimate of drug-likeness (QED) is 0.331. The minimum atomic E-state index is -0.981. The lowest BCUT2D eigenvalue weighted by Gasteiger charge is -2.48. The SMILES string of the molecule is CC.CCCCC(CC)CS1(C2CCCCC2)c2cc(C(C)(C)C)sc2-c2sc(C(C)(C)C)cc21. The molecule has 1 aliphatic carbocycles. The summed E-state index contributed by atoms with van der Waals surface area (Å²) in [5.41, 5.74) is 0.479. The summed E-state index contributed by atoms with van der Waals surface area (Å²) in [5, 5.41) is 0.895. The molecule has 2 aromatic heterocycles. The average Bonchev–Trinajstić information content (AvgIpc) is 3.51. The van der Waals surface area contributed by atoms with Crippen LogP contribution in [0.1, 0.15) is 137 Å².